The second-order valence-electron chi connectivity index (χ2n) is 7.90. The largest absolute Gasteiger partial charge is 0.480 e. The first-order valence-corrected chi connectivity index (χ1v) is 12.1. The molecule has 2 rings (SSSR count). The van der Waals surface area contributed by atoms with Crippen molar-refractivity contribution < 1.29 is 24.3 Å². The van der Waals surface area contributed by atoms with E-state index < -0.39 is 42.0 Å². The van der Waals surface area contributed by atoms with Gasteiger partial charge in [-0.3, -0.25) is 19.2 Å². The number of carbonyl (C=O) groups is 4. The number of carbonyl (C=O) groups excluding carboxylic acids is 3. The number of nitrogens with one attached hydrogen (secondary N) is 2. The summed E-state index contributed by atoms with van der Waals surface area (Å²) in [5.41, 5.74) is 6.85. The van der Waals surface area contributed by atoms with Gasteiger partial charge in [0.1, 0.15) is 18.1 Å². The minimum atomic E-state index is -1.15. The lowest BCUT2D eigenvalue weighted by Crippen LogP contribution is -2.57. The summed E-state index contributed by atoms with van der Waals surface area (Å²) < 4.78 is 0. The summed E-state index contributed by atoms with van der Waals surface area (Å²) in [6.45, 7) is 1.73. The molecule has 1 aromatic rings. The quantitative estimate of drug-likeness (QED) is 0.371. The van der Waals surface area contributed by atoms with Gasteiger partial charge in [0, 0.05) is 13.0 Å². The number of aliphatic carboxylic acids is 1. The molecule has 1 aliphatic heterocycles. The molecule has 1 aromatic carbocycles. The fourth-order valence-corrected chi connectivity index (χ4v) is 4.07. The van der Waals surface area contributed by atoms with Gasteiger partial charge < -0.3 is 26.4 Å². The number of rotatable bonds is 11. The third-order valence-corrected chi connectivity index (χ3v) is 6.08. The summed E-state index contributed by atoms with van der Waals surface area (Å²) in [6, 6.07) is 5.84. The second kappa shape index (κ2) is 12.4. The van der Waals surface area contributed by atoms with Crippen LogP contribution in [0, 0.1) is 0 Å². The average Bonchev–Trinajstić information content (AvgIpc) is 3.27. The van der Waals surface area contributed by atoms with Gasteiger partial charge in [-0.05, 0) is 43.8 Å². The number of benzene rings is 1. The predicted molar refractivity (Wildman–Crippen MR) is 123 cm³/mol. The first-order chi connectivity index (χ1) is 15.2. The molecule has 0 radical (unpaired) electrons. The van der Waals surface area contributed by atoms with Crippen LogP contribution in [0.5, 0.6) is 0 Å². The summed E-state index contributed by atoms with van der Waals surface area (Å²) >= 11 is 1.58. The highest BCUT2D eigenvalue weighted by molar-refractivity contribution is 7.98. The molecule has 0 bridgehead atoms. The number of amides is 3. The van der Waals surface area contributed by atoms with Crippen LogP contribution in [-0.2, 0) is 25.6 Å². The minimum absolute atomic E-state index is 0.261. The number of hydrogen-bond donors (Lipinski definition) is 4. The van der Waals surface area contributed by atoms with Crippen LogP contribution in [0.4, 0.5) is 0 Å². The molecule has 176 valence electrons. The fourth-order valence-electron chi connectivity index (χ4n) is 3.58. The number of carboxylic acid groups (broad SMARTS) is 1. The summed E-state index contributed by atoms with van der Waals surface area (Å²) in [5, 5.41) is 14.3. The van der Waals surface area contributed by atoms with E-state index in [0.29, 0.717) is 25.8 Å². The standard InChI is InChI=1S/C22H32N4O5S/c1-14(22(30)31)24-20(28)18-9-6-11-26(18)21(29)17(13-15-7-4-3-5-8-15)25-19(27)16(23)10-12-32-2/h3-5,7-8,14,16-18H,6,9-13,23H2,1-2H3,(H,24,28)(H,25,27)(H,30,31). The summed E-state index contributed by atoms with van der Waals surface area (Å²) in [6.07, 6.45) is 3.72. The van der Waals surface area contributed by atoms with E-state index in [9.17, 15) is 19.2 Å². The predicted octanol–water partition coefficient (Wildman–Crippen LogP) is 0.375. The summed E-state index contributed by atoms with van der Waals surface area (Å²) in [4.78, 5) is 51.2. The Bertz CT molecular complexity index is 807. The summed E-state index contributed by atoms with van der Waals surface area (Å²) in [5.74, 6) is -1.72. The molecular formula is C22H32N4O5S. The van der Waals surface area contributed by atoms with Crippen LogP contribution in [0.15, 0.2) is 30.3 Å². The van der Waals surface area contributed by atoms with Gasteiger partial charge >= 0.3 is 5.97 Å². The zero-order chi connectivity index (χ0) is 23.7. The Balaban J connectivity index is 2.17. The third kappa shape index (κ3) is 7.23. The van der Waals surface area contributed by atoms with Crippen LogP contribution in [0.2, 0.25) is 0 Å². The highest BCUT2D eigenvalue weighted by Crippen LogP contribution is 2.20. The Labute approximate surface area is 192 Å². The van der Waals surface area contributed by atoms with Gasteiger partial charge in [-0.1, -0.05) is 30.3 Å². The highest BCUT2D eigenvalue weighted by Gasteiger charge is 2.38. The van der Waals surface area contributed by atoms with Crippen LogP contribution in [-0.4, -0.2) is 76.4 Å². The van der Waals surface area contributed by atoms with Gasteiger partial charge in [0.25, 0.3) is 0 Å². The van der Waals surface area contributed by atoms with E-state index in [2.05, 4.69) is 10.6 Å². The number of carboxylic acids is 1. The van der Waals surface area contributed by atoms with Crippen molar-refractivity contribution in [2.45, 2.75) is 56.8 Å². The average molecular weight is 465 g/mol. The zero-order valence-electron chi connectivity index (χ0n) is 18.5. The van der Waals surface area contributed by atoms with Gasteiger partial charge in [0.05, 0.1) is 6.04 Å². The molecule has 0 aromatic heterocycles. The molecule has 0 saturated carbocycles. The van der Waals surface area contributed by atoms with Crippen molar-refractivity contribution in [2.75, 3.05) is 18.6 Å². The Morgan fingerprint density at radius 1 is 1.22 bits per heavy atom. The van der Waals surface area contributed by atoms with Gasteiger partial charge in [-0.15, -0.1) is 0 Å². The molecule has 1 heterocycles. The molecule has 1 aliphatic rings. The number of likely N-dealkylation sites (tertiary alicyclic amines) is 1. The van der Waals surface area contributed by atoms with Crippen molar-refractivity contribution >= 4 is 35.5 Å². The molecule has 1 saturated heterocycles. The lowest BCUT2D eigenvalue weighted by Gasteiger charge is -2.29. The van der Waals surface area contributed by atoms with Crippen molar-refractivity contribution in [3.05, 3.63) is 35.9 Å². The van der Waals surface area contributed by atoms with Crippen molar-refractivity contribution in [3.63, 3.8) is 0 Å². The van der Waals surface area contributed by atoms with Crippen LogP contribution in [0.25, 0.3) is 0 Å². The lowest BCUT2D eigenvalue weighted by atomic mass is 10.0. The van der Waals surface area contributed by atoms with E-state index in [1.54, 1.807) is 11.8 Å². The Morgan fingerprint density at radius 3 is 2.53 bits per heavy atom. The SMILES string of the molecule is CSCCC(N)C(=O)NC(Cc1ccccc1)C(=O)N1CCCC1C(=O)NC(C)C(=O)O. The van der Waals surface area contributed by atoms with Gasteiger partial charge in [-0.2, -0.15) is 11.8 Å². The third-order valence-electron chi connectivity index (χ3n) is 5.43. The van der Waals surface area contributed by atoms with E-state index in [0.717, 1.165) is 11.3 Å². The Morgan fingerprint density at radius 2 is 1.91 bits per heavy atom. The van der Waals surface area contributed by atoms with Gasteiger partial charge in [0.2, 0.25) is 17.7 Å². The fraction of sp³-hybridized carbons (Fsp3) is 0.545. The number of hydrogen-bond acceptors (Lipinski definition) is 6. The van der Waals surface area contributed by atoms with Crippen LogP contribution >= 0.6 is 11.8 Å². The van der Waals surface area contributed by atoms with E-state index in [1.807, 2.05) is 36.6 Å². The monoisotopic (exact) mass is 464 g/mol. The first kappa shape index (κ1) is 25.7. The van der Waals surface area contributed by atoms with E-state index in [-0.39, 0.29) is 12.3 Å². The number of nitrogens with two attached hydrogens (primary N) is 1. The molecule has 10 heteroatoms. The molecule has 0 aliphatic carbocycles. The maximum Gasteiger partial charge on any atom is 0.325 e. The second-order valence-corrected chi connectivity index (χ2v) is 8.88. The van der Waals surface area contributed by atoms with E-state index in [4.69, 9.17) is 10.8 Å². The Kier molecular flexibility index (Phi) is 9.98. The Hall–Kier alpha value is -2.59. The van der Waals surface area contributed by atoms with Crippen molar-refractivity contribution in [3.8, 4) is 0 Å². The highest BCUT2D eigenvalue weighted by atomic mass is 32.2. The molecular weight excluding hydrogens is 432 g/mol. The number of thioether (sulfide) groups is 1. The molecule has 5 N–H and O–H groups in total. The molecule has 32 heavy (non-hydrogen) atoms. The zero-order valence-corrected chi connectivity index (χ0v) is 19.3. The van der Waals surface area contributed by atoms with Gasteiger partial charge in [0.15, 0.2) is 0 Å². The molecule has 9 nitrogen and oxygen atoms in total. The van der Waals surface area contributed by atoms with E-state index >= 15 is 0 Å². The smallest absolute Gasteiger partial charge is 0.325 e. The van der Waals surface area contributed by atoms with Crippen molar-refractivity contribution in [1.29, 1.82) is 0 Å². The molecule has 0 spiro atoms. The maximum absolute atomic E-state index is 13.4. The minimum Gasteiger partial charge on any atom is -0.480 e. The molecule has 3 amide bonds. The topological polar surface area (TPSA) is 142 Å². The molecule has 4 atom stereocenters. The molecule has 1 fully saturated rings. The lowest BCUT2D eigenvalue weighted by molar-refractivity contribution is -0.144. The van der Waals surface area contributed by atoms with E-state index in [1.165, 1.54) is 11.8 Å². The maximum atomic E-state index is 13.4. The number of nitrogens with zero attached hydrogens (tertiary/aromatic N) is 1. The molecule has 4 unspecified atom stereocenters. The first-order valence-electron chi connectivity index (χ1n) is 10.7. The van der Waals surface area contributed by atoms with Gasteiger partial charge in [-0.25, -0.2) is 0 Å². The normalized spacial score (nSPS) is 18.5. The van der Waals surface area contributed by atoms with Crippen molar-refractivity contribution in [2.24, 2.45) is 5.73 Å². The summed E-state index contributed by atoms with van der Waals surface area (Å²) in [7, 11) is 0. The van der Waals surface area contributed by atoms with Crippen molar-refractivity contribution in [1.82, 2.24) is 15.5 Å². The van der Waals surface area contributed by atoms with Crippen LogP contribution in [0.3, 0.4) is 0 Å². The van der Waals surface area contributed by atoms with Crippen LogP contribution < -0.4 is 16.4 Å². The van der Waals surface area contributed by atoms with Crippen LogP contribution in [0.1, 0.15) is 31.7 Å².